The van der Waals surface area contributed by atoms with Gasteiger partial charge in [-0.15, -0.1) is 0 Å². The Labute approximate surface area is 192 Å². The molecule has 0 atom stereocenters. The molecule has 10 nitrogen and oxygen atoms in total. The monoisotopic (exact) mass is 448 g/mol. The van der Waals surface area contributed by atoms with Gasteiger partial charge in [0.1, 0.15) is 23.2 Å². The Morgan fingerprint density at radius 2 is 1.82 bits per heavy atom. The van der Waals surface area contributed by atoms with Crippen LogP contribution in [-0.2, 0) is 0 Å². The first-order valence-electron chi connectivity index (χ1n) is 10.9. The molecule has 0 aliphatic carbocycles. The average Bonchev–Trinajstić information content (AvgIpc) is 2.86. The summed E-state index contributed by atoms with van der Waals surface area (Å²) in [6, 6.07) is 8.80. The van der Waals surface area contributed by atoms with Crippen LogP contribution < -0.4 is 31.7 Å². The number of hydrogen-bond acceptors (Lipinski definition) is 9. The molecule has 3 heterocycles. The van der Waals surface area contributed by atoms with Gasteiger partial charge in [-0.05, 0) is 56.1 Å². The number of carbonyl (C=O) groups excluding carboxylic acids is 1. The maximum Gasteiger partial charge on any atom is 0.255 e. The number of amides is 1. The van der Waals surface area contributed by atoms with E-state index in [1.807, 2.05) is 6.07 Å². The van der Waals surface area contributed by atoms with E-state index in [9.17, 15) is 4.79 Å². The van der Waals surface area contributed by atoms with Crippen molar-refractivity contribution in [1.29, 1.82) is 0 Å². The number of pyridine rings is 1. The summed E-state index contributed by atoms with van der Waals surface area (Å²) in [5, 5.41) is 13.0. The summed E-state index contributed by atoms with van der Waals surface area (Å²) in [7, 11) is 1.59. The van der Waals surface area contributed by atoms with Crippen molar-refractivity contribution in [1.82, 2.24) is 20.3 Å². The minimum absolute atomic E-state index is 0.227. The van der Waals surface area contributed by atoms with Gasteiger partial charge in [0, 0.05) is 18.2 Å². The summed E-state index contributed by atoms with van der Waals surface area (Å²) in [5.74, 6) is 2.46. The number of anilines is 5. The molecule has 2 aromatic heterocycles. The predicted octanol–water partition coefficient (Wildman–Crippen LogP) is 2.87. The van der Waals surface area contributed by atoms with Crippen molar-refractivity contribution in [3.05, 3.63) is 54.5 Å². The summed E-state index contributed by atoms with van der Waals surface area (Å²) in [5.41, 5.74) is 7.50. The number of rotatable bonds is 8. The summed E-state index contributed by atoms with van der Waals surface area (Å²) in [6.07, 6.45) is 6.86. The van der Waals surface area contributed by atoms with Gasteiger partial charge >= 0.3 is 0 Å². The summed E-state index contributed by atoms with van der Waals surface area (Å²) in [4.78, 5) is 25.5. The van der Waals surface area contributed by atoms with Gasteiger partial charge in [0.15, 0.2) is 0 Å². The highest BCUT2D eigenvalue weighted by molar-refractivity contribution is 6.06. The van der Waals surface area contributed by atoms with E-state index in [4.69, 9.17) is 10.5 Å². The van der Waals surface area contributed by atoms with Crippen molar-refractivity contribution in [3.63, 3.8) is 0 Å². The molecule has 0 unspecified atom stereocenters. The van der Waals surface area contributed by atoms with Gasteiger partial charge in [0.25, 0.3) is 5.91 Å². The van der Waals surface area contributed by atoms with Crippen LogP contribution in [0.3, 0.4) is 0 Å². The standard InChI is InChI=1S/C23H28N8O2/c1-33-17-4-2-16(3-5-17)23(32)30-19-12-28-21(31-22-14-27-20(24)13-29-22)10-18(19)26-11-15-6-8-25-9-7-15/h2-5,10,12-15,25H,6-9,11H2,1H3,(H2,24,27)(H,30,32)(H2,26,28,29,31). The van der Waals surface area contributed by atoms with Crippen LogP contribution in [0.5, 0.6) is 5.75 Å². The molecule has 6 N–H and O–H groups in total. The third-order valence-electron chi connectivity index (χ3n) is 5.47. The molecule has 0 radical (unpaired) electrons. The average molecular weight is 449 g/mol. The minimum Gasteiger partial charge on any atom is -0.497 e. The lowest BCUT2D eigenvalue weighted by atomic mass is 9.98. The van der Waals surface area contributed by atoms with Crippen LogP contribution >= 0.6 is 0 Å². The molecule has 0 spiro atoms. The highest BCUT2D eigenvalue weighted by Crippen LogP contribution is 2.27. The summed E-state index contributed by atoms with van der Waals surface area (Å²) < 4.78 is 5.16. The number of nitrogens with one attached hydrogen (secondary N) is 4. The second-order valence-corrected chi connectivity index (χ2v) is 7.82. The largest absolute Gasteiger partial charge is 0.497 e. The number of benzene rings is 1. The van der Waals surface area contributed by atoms with Crippen LogP contribution in [0.2, 0.25) is 0 Å². The Morgan fingerprint density at radius 1 is 1.06 bits per heavy atom. The van der Waals surface area contributed by atoms with Gasteiger partial charge in [0.2, 0.25) is 0 Å². The minimum atomic E-state index is -0.227. The van der Waals surface area contributed by atoms with E-state index in [1.165, 1.54) is 6.20 Å². The van der Waals surface area contributed by atoms with E-state index < -0.39 is 0 Å². The quantitative estimate of drug-likeness (QED) is 0.352. The Morgan fingerprint density at radius 3 is 2.52 bits per heavy atom. The second kappa shape index (κ2) is 10.6. The van der Waals surface area contributed by atoms with Crippen molar-refractivity contribution >= 4 is 34.7 Å². The highest BCUT2D eigenvalue weighted by atomic mass is 16.5. The van der Waals surface area contributed by atoms with Gasteiger partial charge in [-0.3, -0.25) is 4.79 Å². The van der Waals surface area contributed by atoms with Crippen LogP contribution in [0.1, 0.15) is 23.2 Å². The molecule has 3 aromatic rings. The molecule has 10 heteroatoms. The number of ether oxygens (including phenoxy) is 1. The normalized spacial score (nSPS) is 13.8. The van der Waals surface area contributed by atoms with E-state index >= 15 is 0 Å². The fourth-order valence-electron chi connectivity index (χ4n) is 3.58. The topological polar surface area (TPSA) is 139 Å². The zero-order valence-electron chi connectivity index (χ0n) is 18.5. The Hall–Kier alpha value is -3.92. The fourth-order valence-corrected chi connectivity index (χ4v) is 3.58. The van der Waals surface area contributed by atoms with Gasteiger partial charge in [-0.1, -0.05) is 0 Å². The first kappa shape index (κ1) is 22.3. The molecule has 1 fully saturated rings. The number of nitrogens with zero attached hydrogens (tertiary/aromatic N) is 3. The van der Waals surface area contributed by atoms with Gasteiger partial charge in [0.05, 0.1) is 37.1 Å². The summed E-state index contributed by atoms with van der Waals surface area (Å²) in [6.45, 7) is 2.84. The van der Waals surface area contributed by atoms with Crippen molar-refractivity contribution in [2.75, 3.05) is 48.4 Å². The van der Waals surface area contributed by atoms with Crippen molar-refractivity contribution in [3.8, 4) is 5.75 Å². The SMILES string of the molecule is COc1ccc(C(=O)Nc2cnc(Nc3cnc(N)cn3)cc2NCC2CCNCC2)cc1. The lowest BCUT2D eigenvalue weighted by Gasteiger charge is -2.24. The lowest BCUT2D eigenvalue weighted by molar-refractivity contribution is 0.102. The predicted molar refractivity (Wildman–Crippen MR) is 129 cm³/mol. The number of nitrogen functional groups attached to an aromatic ring is 1. The summed E-state index contributed by atoms with van der Waals surface area (Å²) >= 11 is 0. The fraction of sp³-hybridized carbons (Fsp3) is 0.304. The molecule has 0 saturated carbocycles. The van der Waals surface area contributed by atoms with Crippen LogP contribution in [0.25, 0.3) is 0 Å². The number of nitrogens with two attached hydrogens (primary N) is 1. The third kappa shape index (κ3) is 6.07. The zero-order chi connectivity index (χ0) is 23.0. The molecule has 33 heavy (non-hydrogen) atoms. The maximum atomic E-state index is 12.8. The van der Waals surface area contributed by atoms with Crippen LogP contribution in [0.15, 0.2) is 48.9 Å². The molecular formula is C23H28N8O2. The zero-order valence-corrected chi connectivity index (χ0v) is 18.5. The Kier molecular flexibility index (Phi) is 7.16. The molecule has 1 aliphatic heterocycles. The number of piperidine rings is 1. The van der Waals surface area contributed by atoms with Gasteiger partial charge in [-0.2, -0.15) is 0 Å². The number of methoxy groups -OCH3 is 1. The van der Waals surface area contributed by atoms with Crippen molar-refractivity contribution < 1.29 is 9.53 Å². The lowest BCUT2D eigenvalue weighted by Crippen LogP contribution is -2.31. The molecule has 0 bridgehead atoms. The van der Waals surface area contributed by atoms with E-state index in [1.54, 1.807) is 43.8 Å². The van der Waals surface area contributed by atoms with E-state index in [2.05, 4.69) is 36.2 Å². The highest BCUT2D eigenvalue weighted by Gasteiger charge is 2.16. The molecule has 1 aliphatic rings. The maximum absolute atomic E-state index is 12.8. The molecular weight excluding hydrogens is 420 g/mol. The van der Waals surface area contributed by atoms with Crippen LogP contribution in [0, 0.1) is 5.92 Å². The first-order valence-corrected chi connectivity index (χ1v) is 10.9. The van der Waals surface area contributed by atoms with E-state index in [0.717, 1.165) is 38.2 Å². The van der Waals surface area contributed by atoms with Gasteiger partial charge < -0.3 is 31.7 Å². The Bertz CT molecular complexity index is 1070. The van der Waals surface area contributed by atoms with Crippen LogP contribution in [-0.4, -0.2) is 47.6 Å². The van der Waals surface area contributed by atoms with Crippen LogP contribution in [0.4, 0.5) is 28.8 Å². The number of carbonyl (C=O) groups is 1. The Balaban J connectivity index is 1.52. The second-order valence-electron chi connectivity index (χ2n) is 7.82. The number of aromatic nitrogens is 3. The molecule has 1 saturated heterocycles. The molecule has 4 rings (SSSR count). The third-order valence-corrected chi connectivity index (χ3v) is 5.47. The van der Waals surface area contributed by atoms with Crippen molar-refractivity contribution in [2.24, 2.45) is 5.92 Å². The smallest absolute Gasteiger partial charge is 0.255 e. The van der Waals surface area contributed by atoms with E-state index in [-0.39, 0.29) is 5.91 Å². The van der Waals surface area contributed by atoms with Crippen molar-refractivity contribution in [2.45, 2.75) is 12.8 Å². The van der Waals surface area contributed by atoms with E-state index in [0.29, 0.717) is 40.4 Å². The number of hydrogen-bond donors (Lipinski definition) is 5. The molecule has 1 aromatic carbocycles. The van der Waals surface area contributed by atoms with Gasteiger partial charge in [-0.25, -0.2) is 15.0 Å². The first-order chi connectivity index (χ1) is 16.1. The molecule has 172 valence electrons. The molecule has 1 amide bonds.